The van der Waals surface area contributed by atoms with Gasteiger partial charge in [-0.2, -0.15) is 0 Å². The molecule has 0 saturated heterocycles. The van der Waals surface area contributed by atoms with Crippen LogP contribution in [0.15, 0.2) is 30.5 Å². The molecule has 1 N–H and O–H groups in total. The van der Waals surface area contributed by atoms with E-state index in [0.29, 0.717) is 0 Å². The lowest BCUT2D eigenvalue weighted by atomic mass is 10.3. The lowest BCUT2D eigenvalue weighted by molar-refractivity contribution is 1.15. The second-order valence-electron chi connectivity index (χ2n) is 3.55. The Kier molecular flexibility index (Phi) is 3.02. The van der Waals surface area contributed by atoms with Crippen LogP contribution in [0.5, 0.6) is 0 Å². The van der Waals surface area contributed by atoms with E-state index in [1.165, 1.54) is 9.75 Å². The SMILES string of the molecule is Cc1cc(NCc2ccc(C)s2)ccn1. The minimum Gasteiger partial charge on any atom is -0.380 e. The zero-order valence-corrected chi connectivity index (χ0v) is 9.77. The average molecular weight is 218 g/mol. The topological polar surface area (TPSA) is 24.9 Å². The van der Waals surface area contributed by atoms with E-state index in [-0.39, 0.29) is 0 Å². The molecule has 0 aromatic carbocycles. The first-order valence-electron chi connectivity index (χ1n) is 4.96. The highest BCUT2D eigenvalue weighted by Gasteiger charge is 1.97. The van der Waals surface area contributed by atoms with Gasteiger partial charge in [0.05, 0.1) is 0 Å². The van der Waals surface area contributed by atoms with E-state index in [4.69, 9.17) is 0 Å². The van der Waals surface area contributed by atoms with Crippen molar-refractivity contribution in [1.82, 2.24) is 4.98 Å². The molecule has 2 rings (SSSR count). The van der Waals surface area contributed by atoms with Gasteiger partial charge in [0.25, 0.3) is 0 Å². The second-order valence-corrected chi connectivity index (χ2v) is 4.92. The Hall–Kier alpha value is -1.35. The fourth-order valence-corrected chi connectivity index (χ4v) is 2.25. The molecule has 15 heavy (non-hydrogen) atoms. The largest absolute Gasteiger partial charge is 0.380 e. The fraction of sp³-hybridized carbons (Fsp3) is 0.250. The van der Waals surface area contributed by atoms with Crippen LogP contribution < -0.4 is 5.32 Å². The summed E-state index contributed by atoms with van der Waals surface area (Å²) in [7, 11) is 0. The van der Waals surface area contributed by atoms with Crippen LogP contribution in [-0.4, -0.2) is 4.98 Å². The Labute approximate surface area is 94.0 Å². The zero-order valence-electron chi connectivity index (χ0n) is 8.95. The maximum Gasteiger partial charge on any atom is 0.0494 e. The molecule has 0 bridgehead atoms. The predicted octanol–water partition coefficient (Wildman–Crippen LogP) is 3.37. The molecule has 0 fully saturated rings. The molecule has 2 aromatic rings. The summed E-state index contributed by atoms with van der Waals surface area (Å²) in [4.78, 5) is 6.88. The number of aromatic nitrogens is 1. The fourth-order valence-electron chi connectivity index (χ4n) is 1.42. The van der Waals surface area contributed by atoms with Crippen LogP contribution in [0.2, 0.25) is 0 Å². The molecule has 2 nitrogen and oxygen atoms in total. The predicted molar refractivity (Wildman–Crippen MR) is 65.4 cm³/mol. The highest BCUT2D eigenvalue weighted by atomic mass is 32.1. The van der Waals surface area contributed by atoms with Crippen LogP contribution in [0.4, 0.5) is 5.69 Å². The number of aryl methyl sites for hydroxylation is 2. The monoisotopic (exact) mass is 218 g/mol. The number of hydrogen-bond acceptors (Lipinski definition) is 3. The quantitative estimate of drug-likeness (QED) is 0.854. The van der Waals surface area contributed by atoms with Crippen LogP contribution >= 0.6 is 11.3 Å². The van der Waals surface area contributed by atoms with Gasteiger partial charge in [-0.1, -0.05) is 0 Å². The van der Waals surface area contributed by atoms with E-state index >= 15 is 0 Å². The van der Waals surface area contributed by atoms with Gasteiger partial charge in [-0.3, -0.25) is 4.98 Å². The third-order valence-electron chi connectivity index (χ3n) is 2.16. The van der Waals surface area contributed by atoms with Crippen LogP contribution in [-0.2, 0) is 6.54 Å². The van der Waals surface area contributed by atoms with E-state index in [2.05, 4.69) is 35.4 Å². The van der Waals surface area contributed by atoms with Gasteiger partial charge in [0.1, 0.15) is 0 Å². The Bertz CT molecular complexity index is 448. The Balaban J connectivity index is 1.99. The first kappa shape index (κ1) is 10.2. The van der Waals surface area contributed by atoms with Crippen LogP contribution in [0.25, 0.3) is 0 Å². The van der Waals surface area contributed by atoms with Gasteiger partial charge in [-0.25, -0.2) is 0 Å². The maximum absolute atomic E-state index is 4.16. The normalized spacial score (nSPS) is 10.3. The first-order chi connectivity index (χ1) is 7.24. The summed E-state index contributed by atoms with van der Waals surface area (Å²) >= 11 is 1.83. The van der Waals surface area contributed by atoms with Crippen LogP contribution in [0.1, 0.15) is 15.4 Å². The Morgan fingerprint density at radius 1 is 1.27 bits per heavy atom. The molecule has 0 aliphatic rings. The van der Waals surface area contributed by atoms with Gasteiger partial charge in [0.2, 0.25) is 0 Å². The van der Waals surface area contributed by atoms with E-state index in [0.717, 1.165) is 17.9 Å². The molecule has 0 radical (unpaired) electrons. The van der Waals surface area contributed by atoms with Crippen LogP contribution in [0.3, 0.4) is 0 Å². The molecule has 0 saturated carbocycles. The molecular formula is C12H14N2S. The molecule has 0 unspecified atom stereocenters. The van der Waals surface area contributed by atoms with Crippen molar-refractivity contribution >= 4 is 17.0 Å². The third kappa shape index (κ3) is 2.80. The summed E-state index contributed by atoms with van der Waals surface area (Å²) < 4.78 is 0. The number of thiophene rings is 1. The molecule has 2 aromatic heterocycles. The van der Waals surface area contributed by atoms with E-state index < -0.39 is 0 Å². The molecular weight excluding hydrogens is 204 g/mol. The minimum absolute atomic E-state index is 0.891. The molecule has 0 aliphatic carbocycles. The number of nitrogens with one attached hydrogen (secondary N) is 1. The maximum atomic E-state index is 4.16. The number of hydrogen-bond donors (Lipinski definition) is 1. The van der Waals surface area contributed by atoms with Crippen molar-refractivity contribution in [3.05, 3.63) is 45.9 Å². The average Bonchev–Trinajstić information content (AvgIpc) is 2.62. The van der Waals surface area contributed by atoms with Crippen molar-refractivity contribution in [2.45, 2.75) is 20.4 Å². The van der Waals surface area contributed by atoms with Gasteiger partial charge < -0.3 is 5.32 Å². The van der Waals surface area contributed by atoms with E-state index in [9.17, 15) is 0 Å². The Morgan fingerprint density at radius 2 is 2.13 bits per heavy atom. The number of pyridine rings is 1. The summed E-state index contributed by atoms with van der Waals surface area (Å²) in [6.45, 7) is 5.02. The first-order valence-corrected chi connectivity index (χ1v) is 5.77. The third-order valence-corrected chi connectivity index (χ3v) is 3.16. The molecule has 2 heterocycles. The molecule has 3 heteroatoms. The van der Waals surface area contributed by atoms with Crippen LogP contribution in [0, 0.1) is 13.8 Å². The van der Waals surface area contributed by atoms with Crippen molar-refractivity contribution in [3.8, 4) is 0 Å². The van der Waals surface area contributed by atoms with E-state index in [1.807, 2.05) is 30.5 Å². The summed E-state index contributed by atoms with van der Waals surface area (Å²) in [6.07, 6.45) is 1.83. The summed E-state index contributed by atoms with van der Waals surface area (Å²) in [5.74, 6) is 0. The minimum atomic E-state index is 0.891. The summed E-state index contributed by atoms with van der Waals surface area (Å²) in [5, 5.41) is 3.39. The van der Waals surface area contributed by atoms with Crippen molar-refractivity contribution in [2.75, 3.05) is 5.32 Å². The van der Waals surface area contributed by atoms with Gasteiger partial charge in [-0.15, -0.1) is 11.3 Å². The van der Waals surface area contributed by atoms with Crippen molar-refractivity contribution in [3.63, 3.8) is 0 Å². The van der Waals surface area contributed by atoms with E-state index in [1.54, 1.807) is 0 Å². The molecule has 78 valence electrons. The number of nitrogens with zero attached hydrogens (tertiary/aromatic N) is 1. The lowest BCUT2D eigenvalue weighted by Gasteiger charge is -2.04. The smallest absolute Gasteiger partial charge is 0.0494 e. The molecule has 0 aliphatic heterocycles. The highest BCUT2D eigenvalue weighted by molar-refractivity contribution is 7.11. The molecule has 0 amide bonds. The van der Waals surface area contributed by atoms with Crippen molar-refractivity contribution in [2.24, 2.45) is 0 Å². The standard InChI is InChI=1S/C12H14N2S/c1-9-7-11(5-6-13-9)14-8-12-4-3-10(2)15-12/h3-7H,8H2,1-2H3,(H,13,14). The van der Waals surface area contributed by atoms with Gasteiger partial charge in [0.15, 0.2) is 0 Å². The highest BCUT2D eigenvalue weighted by Crippen LogP contribution is 2.17. The van der Waals surface area contributed by atoms with Crippen molar-refractivity contribution in [1.29, 1.82) is 0 Å². The number of rotatable bonds is 3. The second kappa shape index (κ2) is 4.45. The molecule has 0 spiro atoms. The van der Waals surface area contributed by atoms with Crippen molar-refractivity contribution < 1.29 is 0 Å². The lowest BCUT2D eigenvalue weighted by Crippen LogP contribution is -1.97. The summed E-state index contributed by atoms with van der Waals surface area (Å²) in [5.41, 5.74) is 2.18. The van der Waals surface area contributed by atoms with Gasteiger partial charge in [-0.05, 0) is 38.1 Å². The van der Waals surface area contributed by atoms with Gasteiger partial charge in [0, 0.05) is 33.9 Å². The summed E-state index contributed by atoms with van der Waals surface area (Å²) in [6, 6.07) is 8.37. The van der Waals surface area contributed by atoms with Gasteiger partial charge >= 0.3 is 0 Å². The number of anilines is 1. The molecule has 0 atom stereocenters. The Morgan fingerprint density at radius 3 is 2.80 bits per heavy atom. The zero-order chi connectivity index (χ0) is 10.7.